The van der Waals surface area contributed by atoms with E-state index in [4.69, 9.17) is 4.74 Å². The number of piperidine rings is 1. The van der Waals surface area contributed by atoms with E-state index >= 15 is 0 Å². The normalized spacial score (nSPS) is 14.5. The Morgan fingerprint density at radius 2 is 1.81 bits per heavy atom. The molecule has 32 heavy (non-hydrogen) atoms. The highest BCUT2D eigenvalue weighted by atomic mass is 19.1. The van der Waals surface area contributed by atoms with E-state index in [1.807, 2.05) is 35.2 Å². The topological polar surface area (TPSA) is 58.6 Å². The molecule has 0 atom stereocenters. The van der Waals surface area contributed by atoms with Crippen LogP contribution in [0.3, 0.4) is 0 Å². The van der Waals surface area contributed by atoms with E-state index in [1.54, 1.807) is 13.0 Å². The molecule has 3 rings (SSSR count). The third-order valence-electron chi connectivity index (χ3n) is 6.05. The van der Waals surface area contributed by atoms with Crippen LogP contribution in [0.1, 0.15) is 55.7 Å². The van der Waals surface area contributed by atoms with Crippen molar-refractivity contribution in [1.82, 2.24) is 10.2 Å². The fourth-order valence-corrected chi connectivity index (χ4v) is 3.83. The van der Waals surface area contributed by atoms with Gasteiger partial charge in [0.2, 0.25) is 11.8 Å². The van der Waals surface area contributed by atoms with Crippen LogP contribution in [-0.2, 0) is 16.1 Å². The molecule has 0 radical (unpaired) electrons. The van der Waals surface area contributed by atoms with Crippen LogP contribution in [0.15, 0.2) is 42.5 Å². The lowest BCUT2D eigenvalue weighted by atomic mass is 9.95. The fourth-order valence-electron chi connectivity index (χ4n) is 3.83. The second-order valence-corrected chi connectivity index (χ2v) is 8.78. The molecule has 0 aromatic heterocycles. The molecular formula is C26H33FN2O3. The number of rotatable bonds is 8. The second kappa shape index (κ2) is 11.1. The first-order valence-corrected chi connectivity index (χ1v) is 11.4. The van der Waals surface area contributed by atoms with Gasteiger partial charge in [-0.1, -0.05) is 38.1 Å². The Bertz CT molecular complexity index is 919. The maximum absolute atomic E-state index is 13.6. The first-order chi connectivity index (χ1) is 15.3. The van der Waals surface area contributed by atoms with Crippen molar-refractivity contribution >= 4 is 11.8 Å². The maximum Gasteiger partial charge on any atom is 0.225 e. The third kappa shape index (κ3) is 6.55. The quantitative estimate of drug-likeness (QED) is 0.654. The van der Waals surface area contributed by atoms with Gasteiger partial charge in [-0.3, -0.25) is 9.59 Å². The van der Waals surface area contributed by atoms with Gasteiger partial charge in [-0.2, -0.15) is 0 Å². The summed E-state index contributed by atoms with van der Waals surface area (Å²) in [6, 6.07) is 13.0. The molecule has 1 aliphatic heterocycles. The molecule has 1 aliphatic rings. The van der Waals surface area contributed by atoms with Crippen molar-refractivity contribution in [2.75, 3.05) is 19.7 Å². The zero-order chi connectivity index (χ0) is 23.1. The van der Waals surface area contributed by atoms with Crippen LogP contribution in [0.25, 0.3) is 0 Å². The van der Waals surface area contributed by atoms with E-state index < -0.39 is 0 Å². The van der Waals surface area contributed by atoms with Crippen molar-refractivity contribution in [3.63, 3.8) is 0 Å². The number of likely N-dealkylation sites (tertiary alicyclic amines) is 1. The zero-order valence-corrected chi connectivity index (χ0v) is 19.2. The molecule has 0 unspecified atom stereocenters. The Morgan fingerprint density at radius 3 is 2.44 bits per heavy atom. The van der Waals surface area contributed by atoms with Gasteiger partial charge < -0.3 is 15.0 Å². The monoisotopic (exact) mass is 440 g/mol. The van der Waals surface area contributed by atoms with Crippen molar-refractivity contribution in [1.29, 1.82) is 0 Å². The summed E-state index contributed by atoms with van der Waals surface area (Å²) in [4.78, 5) is 26.8. The summed E-state index contributed by atoms with van der Waals surface area (Å²) in [5.74, 6) is 0.876. The molecule has 2 aromatic carbocycles. The van der Waals surface area contributed by atoms with Crippen LogP contribution in [0.4, 0.5) is 4.39 Å². The average Bonchev–Trinajstić information content (AvgIpc) is 2.80. The number of halogens is 1. The number of nitrogens with zero attached hydrogens (tertiary/aromatic N) is 1. The lowest BCUT2D eigenvalue weighted by molar-refractivity contribution is -0.136. The van der Waals surface area contributed by atoms with Gasteiger partial charge in [0, 0.05) is 25.6 Å². The SMILES string of the molecule is Cc1ccc(CNC(=O)C2CCN(C(=O)CCOc3ccc(C(C)C)cc3)CC2)cc1F. The highest BCUT2D eigenvalue weighted by Crippen LogP contribution is 2.20. The molecule has 6 heteroatoms. The van der Waals surface area contributed by atoms with Crippen LogP contribution in [0.5, 0.6) is 5.75 Å². The van der Waals surface area contributed by atoms with Crippen molar-refractivity contribution in [2.24, 2.45) is 5.92 Å². The van der Waals surface area contributed by atoms with Gasteiger partial charge in [0.1, 0.15) is 11.6 Å². The zero-order valence-electron chi connectivity index (χ0n) is 19.2. The van der Waals surface area contributed by atoms with Crippen LogP contribution in [0, 0.1) is 18.7 Å². The summed E-state index contributed by atoms with van der Waals surface area (Å²) in [6.45, 7) is 7.79. The lowest BCUT2D eigenvalue weighted by Crippen LogP contribution is -2.43. The number of hydrogen-bond acceptors (Lipinski definition) is 3. The van der Waals surface area contributed by atoms with E-state index in [1.165, 1.54) is 11.6 Å². The van der Waals surface area contributed by atoms with Gasteiger partial charge >= 0.3 is 0 Å². The van der Waals surface area contributed by atoms with E-state index in [9.17, 15) is 14.0 Å². The Balaban J connectivity index is 1.36. The molecular weight excluding hydrogens is 407 g/mol. The molecule has 0 saturated carbocycles. The Labute approximate surface area is 190 Å². The third-order valence-corrected chi connectivity index (χ3v) is 6.05. The molecule has 0 aliphatic carbocycles. The molecule has 1 heterocycles. The van der Waals surface area contributed by atoms with Gasteiger partial charge in [0.05, 0.1) is 13.0 Å². The predicted octanol–water partition coefficient (Wildman–Crippen LogP) is 4.58. The standard InChI is InChI=1S/C26H33FN2O3/c1-18(2)21-6-8-23(9-7-21)32-15-12-25(30)29-13-10-22(11-14-29)26(31)28-17-20-5-4-19(3)24(27)16-20/h4-9,16,18,22H,10-15,17H2,1-3H3,(H,28,31). The second-order valence-electron chi connectivity index (χ2n) is 8.78. The molecule has 1 N–H and O–H groups in total. The molecule has 2 amide bonds. The number of aryl methyl sites for hydroxylation is 1. The van der Waals surface area contributed by atoms with E-state index in [0.29, 0.717) is 57.0 Å². The summed E-state index contributed by atoms with van der Waals surface area (Å²) in [5.41, 5.74) is 2.59. The van der Waals surface area contributed by atoms with E-state index in [0.717, 1.165) is 11.3 Å². The van der Waals surface area contributed by atoms with Crippen molar-refractivity contribution in [2.45, 2.75) is 52.5 Å². The van der Waals surface area contributed by atoms with Crippen molar-refractivity contribution in [3.05, 3.63) is 65.0 Å². The molecule has 1 saturated heterocycles. The van der Waals surface area contributed by atoms with Crippen LogP contribution in [0.2, 0.25) is 0 Å². The van der Waals surface area contributed by atoms with Crippen molar-refractivity contribution in [3.8, 4) is 5.75 Å². The molecule has 172 valence electrons. The molecule has 0 spiro atoms. The fraction of sp³-hybridized carbons (Fsp3) is 0.462. The summed E-state index contributed by atoms with van der Waals surface area (Å²) in [5, 5.41) is 2.89. The number of hydrogen-bond donors (Lipinski definition) is 1. The minimum atomic E-state index is -0.264. The molecule has 2 aromatic rings. The molecule has 0 bridgehead atoms. The van der Waals surface area contributed by atoms with Gasteiger partial charge in [0.25, 0.3) is 0 Å². The van der Waals surface area contributed by atoms with Crippen LogP contribution >= 0.6 is 0 Å². The Kier molecular flexibility index (Phi) is 8.26. The van der Waals surface area contributed by atoms with E-state index in [2.05, 4.69) is 19.2 Å². The summed E-state index contributed by atoms with van der Waals surface area (Å²) in [6.07, 6.45) is 1.59. The van der Waals surface area contributed by atoms with Crippen LogP contribution < -0.4 is 10.1 Å². The average molecular weight is 441 g/mol. The number of benzene rings is 2. The first-order valence-electron chi connectivity index (χ1n) is 11.4. The Hall–Kier alpha value is -2.89. The van der Waals surface area contributed by atoms with Crippen LogP contribution in [-0.4, -0.2) is 36.4 Å². The molecule has 5 nitrogen and oxygen atoms in total. The van der Waals surface area contributed by atoms with Crippen molar-refractivity contribution < 1.29 is 18.7 Å². The van der Waals surface area contributed by atoms with Gasteiger partial charge in [-0.05, 0) is 60.6 Å². The first kappa shape index (κ1) is 23.8. The van der Waals surface area contributed by atoms with Gasteiger partial charge in [-0.25, -0.2) is 4.39 Å². The van der Waals surface area contributed by atoms with E-state index in [-0.39, 0.29) is 23.5 Å². The minimum absolute atomic E-state index is 0.0359. The number of carbonyl (C=O) groups is 2. The van der Waals surface area contributed by atoms with Gasteiger partial charge in [0.15, 0.2) is 0 Å². The maximum atomic E-state index is 13.6. The smallest absolute Gasteiger partial charge is 0.225 e. The molecule has 1 fully saturated rings. The number of nitrogens with one attached hydrogen (secondary N) is 1. The summed E-state index contributed by atoms with van der Waals surface area (Å²) >= 11 is 0. The summed E-state index contributed by atoms with van der Waals surface area (Å²) < 4.78 is 19.4. The highest BCUT2D eigenvalue weighted by molar-refractivity contribution is 5.80. The number of ether oxygens (including phenoxy) is 1. The largest absolute Gasteiger partial charge is 0.493 e. The number of amides is 2. The minimum Gasteiger partial charge on any atom is -0.493 e. The summed E-state index contributed by atoms with van der Waals surface area (Å²) in [7, 11) is 0. The highest BCUT2D eigenvalue weighted by Gasteiger charge is 2.27. The lowest BCUT2D eigenvalue weighted by Gasteiger charge is -2.31. The predicted molar refractivity (Wildman–Crippen MR) is 123 cm³/mol. The number of carbonyl (C=O) groups excluding carboxylic acids is 2. The Morgan fingerprint density at radius 1 is 1.12 bits per heavy atom. The van der Waals surface area contributed by atoms with Gasteiger partial charge in [-0.15, -0.1) is 0 Å².